The Morgan fingerprint density at radius 3 is 2.67 bits per heavy atom. The largest absolute Gasteiger partial charge is 0.323 e. The van der Waals surface area contributed by atoms with Gasteiger partial charge < -0.3 is 5.32 Å². The molecule has 2 aromatic rings. The van der Waals surface area contributed by atoms with E-state index in [1.165, 1.54) is 18.2 Å². The number of pyridine rings is 1. The first-order valence-electron chi connectivity index (χ1n) is 6.35. The Kier molecular flexibility index (Phi) is 5.18. The summed E-state index contributed by atoms with van der Waals surface area (Å²) < 4.78 is 0.788. The number of aromatic nitrogens is 1. The zero-order valence-corrected chi connectivity index (χ0v) is 13.3. The maximum absolute atomic E-state index is 12.0. The van der Waals surface area contributed by atoms with Crippen molar-refractivity contribution in [2.75, 3.05) is 5.32 Å². The van der Waals surface area contributed by atoms with Gasteiger partial charge in [-0.15, -0.1) is 0 Å². The summed E-state index contributed by atoms with van der Waals surface area (Å²) >= 11 is 11.7. The van der Waals surface area contributed by atoms with Crippen LogP contribution in [0.2, 0.25) is 10.0 Å². The maximum atomic E-state index is 12.0. The lowest BCUT2D eigenvalue weighted by atomic mass is 10.2. The Morgan fingerprint density at radius 2 is 2.08 bits per heavy atom. The summed E-state index contributed by atoms with van der Waals surface area (Å²) in [5.41, 5.74) is -1.43. The minimum Gasteiger partial charge on any atom is -0.323 e. The smallest absolute Gasteiger partial charge is 0.287 e. The molecule has 0 aliphatic heterocycles. The molecule has 24 heavy (non-hydrogen) atoms. The van der Waals surface area contributed by atoms with Gasteiger partial charge in [0, 0.05) is 11.1 Å². The molecular weight excluding hydrogens is 359 g/mol. The van der Waals surface area contributed by atoms with Crippen molar-refractivity contribution in [3.8, 4) is 6.07 Å². The van der Waals surface area contributed by atoms with Crippen LogP contribution < -0.4 is 10.9 Å². The number of anilines is 1. The van der Waals surface area contributed by atoms with E-state index in [2.05, 4.69) is 5.32 Å². The van der Waals surface area contributed by atoms with Crippen LogP contribution in [0, 0.1) is 21.4 Å². The quantitative estimate of drug-likeness (QED) is 0.658. The first-order valence-corrected chi connectivity index (χ1v) is 7.11. The van der Waals surface area contributed by atoms with Gasteiger partial charge in [0.15, 0.2) is 0 Å². The highest BCUT2D eigenvalue weighted by Crippen LogP contribution is 2.25. The van der Waals surface area contributed by atoms with Gasteiger partial charge in [-0.2, -0.15) is 5.26 Å². The molecule has 0 saturated carbocycles. The fourth-order valence-electron chi connectivity index (χ4n) is 1.85. The van der Waals surface area contributed by atoms with Gasteiger partial charge >= 0.3 is 0 Å². The number of rotatable bonds is 4. The average molecular weight is 367 g/mol. The molecule has 0 aliphatic carbocycles. The number of amides is 1. The van der Waals surface area contributed by atoms with Crippen molar-refractivity contribution in [1.82, 2.24) is 4.57 Å². The molecule has 0 radical (unpaired) electrons. The summed E-state index contributed by atoms with van der Waals surface area (Å²) in [6.07, 6.45) is 0.895. The summed E-state index contributed by atoms with van der Waals surface area (Å²) in [6, 6.07) is 6.82. The van der Waals surface area contributed by atoms with Crippen LogP contribution in [0.5, 0.6) is 0 Å². The van der Waals surface area contributed by atoms with E-state index >= 15 is 0 Å². The molecule has 0 unspecified atom stereocenters. The number of nitrogens with one attached hydrogen (secondary N) is 1. The average Bonchev–Trinajstić information content (AvgIpc) is 2.51. The number of halogens is 2. The first kappa shape index (κ1) is 17.5. The zero-order valence-electron chi connectivity index (χ0n) is 11.8. The zero-order chi connectivity index (χ0) is 17.9. The number of carbonyl (C=O) groups excluding carboxylic acids is 1. The Balaban J connectivity index is 2.29. The lowest BCUT2D eigenvalue weighted by Gasteiger charge is -2.09. The van der Waals surface area contributed by atoms with Crippen molar-refractivity contribution in [2.24, 2.45) is 0 Å². The van der Waals surface area contributed by atoms with Crippen LogP contribution in [0.25, 0.3) is 0 Å². The second-order valence-electron chi connectivity index (χ2n) is 4.59. The molecule has 1 aromatic heterocycles. The number of nitrogens with zero attached hydrogens (tertiary/aromatic N) is 3. The molecule has 0 fully saturated rings. The van der Waals surface area contributed by atoms with Gasteiger partial charge in [0.1, 0.15) is 18.2 Å². The third-order valence-electron chi connectivity index (χ3n) is 2.92. The molecule has 10 heteroatoms. The Labute approximate surface area is 145 Å². The molecule has 0 spiro atoms. The van der Waals surface area contributed by atoms with E-state index in [9.17, 15) is 19.7 Å². The van der Waals surface area contributed by atoms with Gasteiger partial charge in [-0.3, -0.25) is 24.3 Å². The molecule has 0 aliphatic rings. The molecular formula is C14H8Cl2N4O4. The van der Waals surface area contributed by atoms with Crippen molar-refractivity contribution in [1.29, 1.82) is 5.26 Å². The second-order valence-corrected chi connectivity index (χ2v) is 5.43. The van der Waals surface area contributed by atoms with Crippen LogP contribution in [-0.4, -0.2) is 15.4 Å². The molecule has 0 saturated heterocycles. The summed E-state index contributed by atoms with van der Waals surface area (Å²) in [7, 11) is 0. The third kappa shape index (κ3) is 3.90. The molecule has 122 valence electrons. The molecule has 1 N–H and O–H groups in total. The minimum atomic E-state index is -0.805. The van der Waals surface area contributed by atoms with E-state index < -0.39 is 34.2 Å². The van der Waals surface area contributed by atoms with E-state index in [-0.39, 0.29) is 10.7 Å². The van der Waals surface area contributed by atoms with E-state index in [0.29, 0.717) is 5.02 Å². The predicted molar refractivity (Wildman–Crippen MR) is 87.2 cm³/mol. The number of carbonyl (C=O) groups is 1. The number of benzene rings is 1. The van der Waals surface area contributed by atoms with Crippen LogP contribution in [0.1, 0.15) is 5.56 Å². The monoisotopic (exact) mass is 366 g/mol. The molecule has 1 heterocycles. The van der Waals surface area contributed by atoms with Crippen molar-refractivity contribution in [3.05, 3.63) is 66.5 Å². The number of hydrogen-bond donors (Lipinski definition) is 1. The number of nitro groups is 1. The van der Waals surface area contributed by atoms with Crippen molar-refractivity contribution >= 4 is 40.5 Å². The Morgan fingerprint density at radius 1 is 1.38 bits per heavy atom. The van der Waals surface area contributed by atoms with E-state index in [0.717, 1.165) is 16.8 Å². The normalized spacial score (nSPS) is 10.0. The van der Waals surface area contributed by atoms with Crippen molar-refractivity contribution < 1.29 is 9.72 Å². The Hall–Kier alpha value is -2.89. The van der Waals surface area contributed by atoms with E-state index in [1.54, 1.807) is 6.07 Å². The Bertz CT molecular complexity index is 933. The van der Waals surface area contributed by atoms with Crippen molar-refractivity contribution in [2.45, 2.75) is 6.54 Å². The summed E-state index contributed by atoms with van der Waals surface area (Å²) in [4.78, 5) is 34.1. The van der Waals surface area contributed by atoms with E-state index in [4.69, 9.17) is 28.5 Å². The minimum absolute atomic E-state index is 0.194. The second kappa shape index (κ2) is 7.12. The first-order chi connectivity index (χ1) is 11.3. The lowest BCUT2D eigenvalue weighted by Crippen LogP contribution is -2.29. The van der Waals surface area contributed by atoms with Gasteiger partial charge in [-0.05, 0) is 18.2 Å². The highest BCUT2D eigenvalue weighted by molar-refractivity contribution is 6.36. The summed E-state index contributed by atoms with van der Waals surface area (Å²) in [5, 5.41) is 22.7. The van der Waals surface area contributed by atoms with Gasteiger partial charge in [-0.1, -0.05) is 23.2 Å². The predicted octanol–water partition coefficient (Wildman–Crippen LogP) is 2.57. The standard InChI is InChI=1S/C14H8Cl2N4O4/c15-9-1-2-12(11(16)4-9)18-13(21)7-19-6-10(20(23)24)3-8(5-17)14(19)22/h1-4,6H,7H2,(H,18,21). The number of nitriles is 1. The molecule has 1 amide bonds. The number of hydrogen-bond acceptors (Lipinski definition) is 5. The van der Waals surface area contributed by atoms with Crippen LogP contribution in [0.3, 0.4) is 0 Å². The van der Waals surface area contributed by atoms with Crippen LogP contribution in [-0.2, 0) is 11.3 Å². The van der Waals surface area contributed by atoms with Crippen molar-refractivity contribution in [3.63, 3.8) is 0 Å². The fraction of sp³-hybridized carbons (Fsp3) is 0.0714. The van der Waals surface area contributed by atoms with Gasteiger partial charge in [0.25, 0.3) is 11.2 Å². The third-order valence-corrected chi connectivity index (χ3v) is 3.47. The van der Waals surface area contributed by atoms with Gasteiger partial charge in [-0.25, -0.2) is 0 Å². The highest BCUT2D eigenvalue weighted by atomic mass is 35.5. The fourth-order valence-corrected chi connectivity index (χ4v) is 2.31. The summed E-state index contributed by atoms with van der Waals surface area (Å²) in [5.74, 6) is -0.647. The van der Waals surface area contributed by atoms with Crippen LogP contribution in [0.4, 0.5) is 11.4 Å². The lowest BCUT2D eigenvalue weighted by molar-refractivity contribution is -0.385. The van der Waals surface area contributed by atoms with Gasteiger partial charge in [0.05, 0.1) is 21.8 Å². The molecule has 2 rings (SSSR count). The molecule has 0 atom stereocenters. The molecule has 8 nitrogen and oxygen atoms in total. The van der Waals surface area contributed by atoms with Crippen LogP contribution >= 0.6 is 23.2 Å². The topological polar surface area (TPSA) is 118 Å². The summed E-state index contributed by atoms with van der Waals surface area (Å²) in [6.45, 7) is -0.520. The van der Waals surface area contributed by atoms with E-state index in [1.807, 2.05) is 0 Å². The SMILES string of the molecule is N#Cc1cc([N+](=O)[O-])cn(CC(=O)Nc2ccc(Cl)cc2Cl)c1=O. The maximum Gasteiger partial charge on any atom is 0.287 e. The van der Waals surface area contributed by atoms with Crippen LogP contribution in [0.15, 0.2) is 35.3 Å². The molecule has 0 bridgehead atoms. The van der Waals surface area contributed by atoms with Gasteiger partial charge in [0.2, 0.25) is 5.91 Å². The molecule has 1 aromatic carbocycles. The highest BCUT2D eigenvalue weighted by Gasteiger charge is 2.16.